The predicted molar refractivity (Wildman–Crippen MR) is 99.1 cm³/mol. The van der Waals surface area contributed by atoms with Crippen LogP contribution in [-0.4, -0.2) is 17.8 Å². The maximum Gasteiger partial charge on any atom is 1.00 e. The number of carbonyl (C=O) groups excluding carboxylic acids is 4. The maximum absolute atomic E-state index is 8.12. The molecule has 1 N–H and O–H groups in total. The summed E-state index contributed by atoms with van der Waals surface area (Å²) in [6, 6.07) is 13.6. The third-order valence-corrected chi connectivity index (χ3v) is 3.70. The first-order valence-electron chi connectivity index (χ1n) is 7.22. The molecule has 0 saturated heterocycles. The Kier molecular flexibility index (Phi) is 15.7. The molecule has 0 radical (unpaired) electrons. The second-order valence-corrected chi connectivity index (χ2v) is 5.64. The van der Waals surface area contributed by atoms with Crippen LogP contribution in [0.2, 0.25) is 10.0 Å². The van der Waals surface area contributed by atoms with E-state index in [0.29, 0.717) is 10.0 Å². The molecule has 2 aromatic carbocycles. The van der Waals surface area contributed by atoms with Gasteiger partial charge in [0.1, 0.15) is 23.7 Å². The van der Waals surface area contributed by atoms with E-state index in [1.807, 2.05) is 49.4 Å². The zero-order chi connectivity index (χ0) is 20.2. The molecule has 29 heavy (non-hydrogen) atoms. The van der Waals surface area contributed by atoms with E-state index in [-0.39, 0.29) is 47.3 Å². The normalized spacial score (nSPS) is 8.24. The number of hydrogen-bond donors (Lipinski definition) is 0. The van der Waals surface area contributed by atoms with Crippen LogP contribution in [0.4, 0.5) is 0 Å². The van der Waals surface area contributed by atoms with Crippen LogP contribution in [-0.2, 0) is 19.2 Å². The van der Waals surface area contributed by atoms with Crippen molar-refractivity contribution in [2.45, 2.75) is 6.92 Å². The van der Waals surface area contributed by atoms with Crippen LogP contribution < -0.4 is 29.6 Å². The van der Waals surface area contributed by atoms with E-state index in [0.717, 1.165) is 21.9 Å². The van der Waals surface area contributed by atoms with Gasteiger partial charge in [0.15, 0.2) is 0 Å². The Labute approximate surface area is 197 Å². The molecule has 10 heteroatoms. The average molecular weight is 447 g/mol. The van der Waals surface area contributed by atoms with Crippen molar-refractivity contribution in [1.29, 1.82) is 0 Å². The number of aryl methyl sites for hydroxylation is 1. The molecule has 4 rings (SSSR count). The van der Waals surface area contributed by atoms with E-state index in [2.05, 4.69) is 0 Å². The van der Waals surface area contributed by atoms with Gasteiger partial charge in [0.05, 0.1) is 10.0 Å². The van der Waals surface area contributed by atoms with Crippen LogP contribution >= 0.6 is 23.2 Å². The van der Waals surface area contributed by atoms with Gasteiger partial charge >= 0.3 is 41.9 Å². The third kappa shape index (κ3) is 9.24. The van der Waals surface area contributed by atoms with Gasteiger partial charge < -0.3 is 14.3 Å². The topological polar surface area (TPSA) is 125 Å². The van der Waals surface area contributed by atoms with Crippen molar-refractivity contribution >= 4 is 57.4 Å². The predicted octanol–water partition coefficient (Wildman–Crippen LogP) is 2.14. The van der Waals surface area contributed by atoms with Crippen LogP contribution in [0.3, 0.4) is 0 Å². The summed E-state index contributed by atoms with van der Waals surface area (Å²) in [6.45, 7) is 2.03. The fraction of sp³-hybridized carbons (Fsp3) is 0.0526. The molecule has 0 unspecified atom stereocenters. The minimum atomic E-state index is 0. The summed E-state index contributed by atoms with van der Waals surface area (Å²) in [6.07, 6.45) is 3.61. The molecule has 2 heterocycles. The number of para-hydroxylation sites is 1. The van der Waals surface area contributed by atoms with Crippen LogP contribution in [0, 0.1) is 6.92 Å². The number of halogens is 2. The van der Waals surface area contributed by atoms with E-state index in [4.69, 9.17) is 51.2 Å². The SMILES string of the molecule is Cc1ccc2occ(Cl)c2c1.Clc1coc2ccccc12.O=C=O.O=C=O.[Na+].[OH-]. The van der Waals surface area contributed by atoms with Crippen molar-refractivity contribution < 1.29 is 63.0 Å². The average Bonchev–Trinajstić information content (AvgIpc) is 3.21. The first kappa shape index (κ1) is 29.0. The van der Waals surface area contributed by atoms with Crippen LogP contribution in [0.5, 0.6) is 0 Å². The van der Waals surface area contributed by atoms with Crippen LogP contribution in [0.25, 0.3) is 21.9 Å². The molecule has 0 bridgehead atoms. The molecule has 4 aromatic rings. The minimum Gasteiger partial charge on any atom is -0.870 e. The zero-order valence-corrected chi connectivity index (χ0v) is 18.9. The maximum atomic E-state index is 8.12. The first-order valence-corrected chi connectivity index (χ1v) is 7.97. The molecule has 0 aliphatic heterocycles. The standard InChI is InChI=1S/C9H7ClO.C8H5ClO.2CO2.Na.H2O/c1-6-2-3-9-7(4-6)8(10)5-11-9;9-7-5-10-8-4-2-1-3-6(7)8;2*2-1-3;;/h2-5H,1H3;1-5H;;;;1H2/q;;;;+1;/p-1. The van der Waals surface area contributed by atoms with Gasteiger partial charge in [-0.05, 0) is 31.2 Å². The summed E-state index contributed by atoms with van der Waals surface area (Å²) in [7, 11) is 0. The molecule has 0 fully saturated rings. The zero-order valence-electron chi connectivity index (χ0n) is 15.3. The fourth-order valence-corrected chi connectivity index (χ4v) is 2.45. The number of fused-ring (bicyclic) bond motifs is 2. The number of furan rings is 2. The van der Waals surface area contributed by atoms with Crippen LogP contribution in [0.15, 0.2) is 63.8 Å². The quantitative estimate of drug-likeness (QED) is 0.378. The smallest absolute Gasteiger partial charge is 0.870 e. The van der Waals surface area contributed by atoms with Gasteiger partial charge in [-0.2, -0.15) is 19.2 Å². The van der Waals surface area contributed by atoms with Crippen molar-refractivity contribution in [3.63, 3.8) is 0 Å². The van der Waals surface area contributed by atoms with E-state index in [9.17, 15) is 0 Å². The fourth-order valence-electron chi connectivity index (χ4n) is 2.06. The molecular weight excluding hydrogens is 434 g/mol. The summed E-state index contributed by atoms with van der Waals surface area (Å²) in [5, 5.41) is 3.33. The summed E-state index contributed by atoms with van der Waals surface area (Å²) in [5.74, 6) is 0. The molecule has 2 aromatic heterocycles. The van der Waals surface area contributed by atoms with Crippen molar-refractivity contribution in [3.8, 4) is 0 Å². The summed E-state index contributed by atoms with van der Waals surface area (Å²) in [4.78, 5) is 32.5. The van der Waals surface area contributed by atoms with Gasteiger partial charge in [-0.25, -0.2) is 0 Å². The van der Waals surface area contributed by atoms with E-state index >= 15 is 0 Å². The van der Waals surface area contributed by atoms with Gasteiger partial charge in [-0.15, -0.1) is 0 Å². The number of benzene rings is 2. The molecular formula is C19H13Cl2NaO7. The second-order valence-electron chi connectivity index (χ2n) is 4.83. The van der Waals surface area contributed by atoms with E-state index in [1.54, 1.807) is 12.5 Å². The van der Waals surface area contributed by atoms with E-state index < -0.39 is 0 Å². The Morgan fingerprint density at radius 2 is 1.21 bits per heavy atom. The summed E-state index contributed by atoms with van der Waals surface area (Å²) < 4.78 is 10.3. The largest absolute Gasteiger partial charge is 1.00 e. The Bertz CT molecular complexity index is 1060. The molecule has 0 saturated carbocycles. The van der Waals surface area contributed by atoms with Gasteiger partial charge in [-0.1, -0.05) is 47.0 Å². The second kappa shape index (κ2) is 15.7. The third-order valence-electron chi connectivity index (χ3n) is 3.12. The Hall–Kier alpha value is -2.18. The van der Waals surface area contributed by atoms with Crippen molar-refractivity contribution in [2.24, 2.45) is 0 Å². The van der Waals surface area contributed by atoms with Gasteiger partial charge in [0.25, 0.3) is 0 Å². The van der Waals surface area contributed by atoms with Gasteiger partial charge in [-0.3, -0.25) is 0 Å². The molecule has 0 atom stereocenters. The van der Waals surface area contributed by atoms with Gasteiger partial charge in [0, 0.05) is 10.8 Å². The molecule has 7 nitrogen and oxygen atoms in total. The first-order chi connectivity index (χ1) is 13.0. The van der Waals surface area contributed by atoms with Crippen molar-refractivity contribution in [2.75, 3.05) is 0 Å². The summed E-state index contributed by atoms with van der Waals surface area (Å²) in [5.41, 5.74) is 2.88. The minimum absolute atomic E-state index is 0. The molecule has 146 valence electrons. The summed E-state index contributed by atoms with van der Waals surface area (Å²) >= 11 is 11.6. The van der Waals surface area contributed by atoms with Crippen molar-refractivity contribution in [3.05, 3.63) is 70.6 Å². The Morgan fingerprint density at radius 1 is 0.759 bits per heavy atom. The number of rotatable bonds is 0. The van der Waals surface area contributed by atoms with Gasteiger partial charge in [0.2, 0.25) is 0 Å². The van der Waals surface area contributed by atoms with E-state index in [1.165, 1.54) is 5.56 Å². The molecule has 0 spiro atoms. The molecule has 0 aliphatic rings. The molecule has 0 amide bonds. The Morgan fingerprint density at radius 3 is 1.72 bits per heavy atom. The Balaban J connectivity index is 0. The van der Waals surface area contributed by atoms with Crippen LogP contribution in [0.1, 0.15) is 5.56 Å². The molecule has 0 aliphatic carbocycles. The van der Waals surface area contributed by atoms with Crippen molar-refractivity contribution in [1.82, 2.24) is 0 Å². The number of hydrogen-bond acceptors (Lipinski definition) is 7. The monoisotopic (exact) mass is 446 g/mol.